The van der Waals surface area contributed by atoms with E-state index in [0.29, 0.717) is 0 Å². The summed E-state index contributed by atoms with van der Waals surface area (Å²) in [5, 5.41) is 0. The van der Waals surface area contributed by atoms with E-state index < -0.39 is 0 Å². The van der Waals surface area contributed by atoms with Crippen LogP contribution in [0.4, 0.5) is 0 Å². The Morgan fingerprint density at radius 1 is 1.30 bits per heavy atom. The zero-order chi connectivity index (χ0) is 7.56. The van der Waals surface area contributed by atoms with Gasteiger partial charge in [-0.15, -0.1) is 0 Å². The van der Waals surface area contributed by atoms with Crippen molar-refractivity contribution in [1.29, 1.82) is 0 Å². The van der Waals surface area contributed by atoms with Gasteiger partial charge < -0.3 is 0 Å². The van der Waals surface area contributed by atoms with Crippen LogP contribution in [0.5, 0.6) is 0 Å². The normalized spacial score (nSPS) is 9.30. The number of benzene rings is 1. The molecule has 0 saturated carbocycles. The molecule has 0 radical (unpaired) electrons. The number of aryl methyl sites for hydroxylation is 1. The predicted octanol–water partition coefficient (Wildman–Crippen LogP) is 1.44. The molecule has 0 amide bonds. The molecule has 10 heavy (non-hydrogen) atoms. The first kappa shape index (κ1) is 7.26. The van der Waals surface area contributed by atoms with Gasteiger partial charge in [-0.3, -0.25) is 0 Å². The third-order valence-electron chi connectivity index (χ3n) is 1.60. The predicted molar refractivity (Wildman–Crippen MR) is 48.1 cm³/mol. The van der Waals surface area contributed by atoms with Crippen molar-refractivity contribution in [2.45, 2.75) is 13.8 Å². The molecule has 0 aliphatic rings. The number of hydrogen-bond acceptors (Lipinski definition) is 0. The summed E-state index contributed by atoms with van der Waals surface area (Å²) in [6.45, 7) is 4.13. The summed E-state index contributed by atoms with van der Waals surface area (Å²) in [5.74, 6) is 0. The summed E-state index contributed by atoms with van der Waals surface area (Å²) >= 11 is 0. The van der Waals surface area contributed by atoms with Crippen molar-refractivity contribution in [2.75, 3.05) is 0 Å². The van der Waals surface area contributed by atoms with Crippen LogP contribution in [-0.2, 0) is 0 Å². The molecule has 0 aliphatic heterocycles. The quantitative estimate of drug-likeness (QED) is 0.504. The topological polar surface area (TPSA) is 0 Å². The van der Waals surface area contributed by atoms with E-state index in [0.717, 1.165) is 5.46 Å². The molecule has 0 saturated heterocycles. The van der Waals surface area contributed by atoms with Crippen molar-refractivity contribution in [1.82, 2.24) is 0 Å². The molecular weight excluding hydrogens is 119 g/mol. The minimum atomic E-state index is 1.14. The van der Waals surface area contributed by atoms with Crippen LogP contribution in [-0.4, -0.2) is 13.0 Å². The molecule has 0 bridgehead atoms. The average molecular weight is 130 g/mol. The summed E-state index contributed by atoms with van der Waals surface area (Å²) in [5.41, 5.74) is 3.70. The van der Waals surface area contributed by atoms with E-state index in [1.54, 1.807) is 0 Å². The number of hydrogen-bond donors (Lipinski definition) is 0. The fourth-order valence-electron chi connectivity index (χ4n) is 1.05. The second-order valence-electron chi connectivity index (χ2n) is 2.60. The summed E-state index contributed by atoms with van der Waals surface area (Å²) in [6, 6.07) is 8.28. The molecule has 0 aromatic heterocycles. The Balaban J connectivity index is 3.15. The summed E-state index contributed by atoms with van der Waals surface area (Å²) in [7, 11) is 3.89. The third-order valence-corrected chi connectivity index (χ3v) is 1.60. The first-order chi connectivity index (χ1) is 4.72. The fourth-order valence-corrected chi connectivity index (χ4v) is 1.05. The Morgan fingerprint density at radius 2 is 1.90 bits per heavy atom. The standard InChI is InChI=1S/C9H11B/c1-7-5-3-4-6-9(7)8(2)10/h3-6,10H,1-2H3. The molecule has 50 valence electrons. The molecule has 1 aromatic rings. The number of rotatable bonds is 1. The van der Waals surface area contributed by atoms with Gasteiger partial charge in [-0.1, -0.05) is 0 Å². The molecule has 0 fully saturated rings. The van der Waals surface area contributed by atoms with E-state index in [9.17, 15) is 0 Å². The van der Waals surface area contributed by atoms with Crippen LogP contribution in [0, 0.1) is 6.92 Å². The van der Waals surface area contributed by atoms with Crippen LogP contribution in [0.15, 0.2) is 24.3 Å². The summed E-state index contributed by atoms with van der Waals surface area (Å²) < 4.78 is 0. The van der Waals surface area contributed by atoms with Crippen molar-refractivity contribution in [3.63, 3.8) is 0 Å². The fraction of sp³-hybridized carbons (Fsp3) is 0.222. The van der Waals surface area contributed by atoms with Crippen LogP contribution < -0.4 is 0 Å². The molecule has 0 N–H and O–H groups in total. The maximum absolute atomic E-state index is 3.89. The van der Waals surface area contributed by atoms with Crippen LogP contribution in [0.1, 0.15) is 18.1 Å². The van der Waals surface area contributed by atoms with Crippen LogP contribution in [0.3, 0.4) is 0 Å². The van der Waals surface area contributed by atoms with E-state index in [1.807, 2.05) is 19.1 Å². The molecule has 0 unspecified atom stereocenters. The van der Waals surface area contributed by atoms with Crippen molar-refractivity contribution in [3.8, 4) is 0 Å². The van der Waals surface area contributed by atoms with Gasteiger partial charge in [0.1, 0.15) is 0 Å². The second-order valence-corrected chi connectivity index (χ2v) is 2.60. The molecular formula is C9H11B. The average Bonchev–Trinajstić information content (AvgIpc) is 1.88. The Kier molecular flexibility index (Phi) is 2.05. The van der Waals surface area contributed by atoms with Crippen LogP contribution in [0.25, 0.3) is 0 Å². The Hall–Kier alpha value is -0.845. The Labute approximate surface area is 63.0 Å². The maximum atomic E-state index is 3.89. The Morgan fingerprint density at radius 3 is 2.30 bits per heavy atom. The Bertz CT molecular complexity index is 251. The van der Waals surface area contributed by atoms with Gasteiger partial charge in [0.25, 0.3) is 0 Å². The van der Waals surface area contributed by atoms with Crippen molar-refractivity contribution < 1.29 is 0 Å². The van der Waals surface area contributed by atoms with E-state index in [1.165, 1.54) is 11.1 Å². The summed E-state index contributed by atoms with van der Waals surface area (Å²) in [6.07, 6.45) is 0. The molecule has 0 heterocycles. The van der Waals surface area contributed by atoms with Gasteiger partial charge in [0, 0.05) is 0 Å². The molecule has 0 spiro atoms. The monoisotopic (exact) mass is 130 g/mol. The molecule has 0 atom stereocenters. The zero-order valence-electron chi connectivity index (χ0n) is 6.52. The second kappa shape index (κ2) is 2.83. The zero-order valence-corrected chi connectivity index (χ0v) is 6.52. The van der Waals surface area contributed by atoms with E-state index >= 15 is 0 Å². The van der Waals surface area contributed by atoms with E-state index in [4.69, 9.17) is 0 Å². The molecule has 1 aromatic carbocycles. The van der Waals surface area contributed by atoms with Gasteiger partial charge in [0.15, 0.2) is 0 Å². The van der Waals surface area contributed by atoms with Crippen LogP contribution in [0.2, 0.25) is 0 Å². The SMILES string of the molecule is B=C(C)c1ccccc1C. The third kappa shape index (κ3) is 1.35. The van der Waals surface area contributed by atoms with Gasteiger partial charge in [-0.25, -0.2) is 0 Å². The van der Waals surface area contributed by atoms with E-state index in [2.05, 4.69) is 26.5 Å². The summed E-state index contributed by atoms with van der Waals surface area (Å²) in [4.78, 5) is 0. The van der Waals surface area contributed by atoms with Gasteiger partial charge >= 0.3 is 62.2 Å². The van der Waals surface area contributed by atoms with Crippen LogP contribution >= 0.6 is 0 Å². The van der Waals surface area contributed by atoms with E-state index in [-0.39, 0.29) is 0 Å². The molecule has 0 nitrogen and oxygen atoms in total. The van der Waals surface area contributed by atoms with Gasteiger partial charge in [0.05, 0.1) is 0 Å². The molecule has 0 aliphatic carbocycles. The van der Waals surface area contributed by atoms with Gasteiger partial charge in [0.2, 0.25) is 0 Å². The van der Waals surface area contributed by atoms with Gasteiger partial charge in [-0.05, 0) is 0 Å². The van der Waals surface area contributed by atoms with Crippen molar-refractivity contribution >= 4 is 13.0 Å². The van der Waals surface area contributed by atoms with Crippen molar-refractivity contribution in [3.05, 3.63) is 35.4 Å². The molecule has 1 heteroatoms. The minimum absolute atomic E-state index is 1.14. The first-order valence-corrected chi connectivity index (χ1v) is 3.43. The van der Waals surface area contributed by atoms with Gasteiger partial charge in [-0.2, -0.15) is 0 Å². The first-order valence-electron chi connectivity index (χ1n) is 3.43. The molecule has 1 rings (SSSR count). The van der Waals surface area contributed by atoms with Crippen molar-refractivity contribution in [2.24, 2.45) is 0 Å².